The number of H-pyrrole nitrogens is 1. The summed E-state index contributed by atoms with van der Waals surface area (Å²) in [6, 6.07) is 0. The molecule has 6 heteroatoms. The average molecular weight is 219 g/mol. The van der Waals surface area contributed by atoms with Gasteiger partial charge in [-0.1, -0.05) is 0 Å². The molecule has 3 heterocycles. The van der Waals surface area contributed by atoms with Crippen LogP contribution in [0.15, 0.2) is 12.5 Å². The third kappa shape index (κ3) is 1.83. The molecule has 16 heavy (non-hydrogen) atoms. The SMILES string of the molecule is c1ncc2[nH]c(NCC3CCCO3)nc2n1. The van der Waals surface area contributed by atoms with Gasteiger partial charge in [-0.25, -0.2) is 9.97 Å². The molecule has 1 fully saturated rings. The molecule has 0 aromatic carbocycles. The molecule has 1 unspecified atom stereocenters. The summed E-state index contributed by atoms with van der Waals surface area (Å²) in [6.07, 6.45) is 5.78. The summed E-state index contributed by atoms with van der Waals surface area (Å²) in [4.78, 5) is 15.4. The lowest BCUT2D eigenvalue weighted by Gasteiger charge is -2.08. The Labute approximate surface area is 92.5 Å². The van der Waals surface area contributed by atoms with Crippen LogP contribution in [0.25, 0.3) is 11.2 Å². The van der Waals surface area contributed by atoms with Crippen LogP contribution in [-0.4, -0.2) is 39.2 Å². The van der Waals surface area contributed by atoms with Gasteiger partial charge in [0.05, 0.1) is 12.3 Å². The Morgan fingerprint density at radius 2 is 2.56 bits per heavy atom. The van der Waals surface area contributed by atoms with Gasteiger partial charge in [-0.3, -0.25) is 0 Å². The van der Waals surface area contributed by atoms with Crippen molar-refractivity contribution in [3.8, 4) is 0 Å². The maximum absolute atomic E-state index is 5.52. The van der Waals surface area contributed by atoms with Gasteiger partial charge in [-0.15, -0.1) is 0 Å². The highest BCUT2D eigenvalue weighted by molar-refractivity contribution is 5.71. The van der Waals surface area contributed by atoms with E-state index in [1.807, 2.05) is 0 Å². The molecule has 0 radical (unpaired) electrons. The third-order valence-electron chi connectivity index (χ3n) is 2.68. The minimum absolute atomic E-state index is 0.305. The molecule has 1 aliphatic rings. The summed E-state index contributed by atoms with van der Waals surface area (Å²) in [5, 5.41) is 3.22. The predicted octanol–water partition coefficient (Wildman–Crippen LogP) is 0.944. The van der Waals surface area contributed by atoms with E-state index in [9.17, 15) is 0 Å². The molecule has 0 bridgehead atoms. The van der Waals surface area contributed by atoms with Crippen LogP contribution in [0.3, 0.4) is 0 Å². The number of fused-ring (bicyclic) bond motifs is 1. The van der Waals surface area contributed by atoms with Gasteiger partial charge in [-0.05, 0) is 12.8 Å². The van der Waals surface area contributed by atoms with Crippen LogP contribution >= 0.6 is 0 Å². The van der Waals surface area contributed by atoms with Crippen molar-refractivity contribution in [2.75, 3.05) is 18.5 Å². The molecular weight excluding hydrogens is 206 g/mol. The van der Waals surface area contributed by atoms with Crippen molar-refractivity contribution in [1.82, 2.24) is 19.9 Å². The van der Waals surface area contributed by atoms with Gasteiger partial charge in [0.25, 0.3) is 0 Å². The van der Waals surface area contributed by atoms with Crippen molar-refractivity contribution in [2.45, 2.75) is 18.9 Å². The van der Waals surface area contributed by atoms with Gasteiger partial charge in [0.2, 0.25) is 5.95 Å². The smallest absolute Gasteiger partial charge is 0.202 e. The lowest BCUT2D eigenvalue weighted by molar-refractivity contribution is 0.120. The van der Waals surface area contributed by atoms with E-state index >= 15 is 0 Å². The van der Waals surface area contributed by atoms with E-state index in [1.165, 1.54) is 6.33 Å². The molecule has 6 nitrogen and oxygen atoms in total. The number of nitrogens with zero attached hydrogens (tertiary/aromatic N) is 3. The lowest BCUT2D eigenvalue weighted by Crippen LogP contribution is -2.18. The first kappa shape index (κ1) is 9.53. The van der Waals surface area contributed by atoms with Crippen molar-refractivity contribution in [3.63, 3.8) is 0 Å². The minimum atomic E-state index is 0.305. The lowest BCUT2D eigenvalue weighted by atomic mass is 10.2. The zero-order chi connectivity index (χ0) is 10.8. The number of imidazole rings is 1. The van der Waals surface area contributed by atoms with Gasteiger partial charge >= 0.3 is 0 Å². The third-order valence-corrected chi connectivity index (χ3v) is 2.68. The molecule has 2 aromatic rings. The Hall–Kier alpha value is -1.69. The molecule has 1 saturated heterocycles. The normalized spacial score (nSPS) is 20.4. The van der Waals surface area contributed by atoms with Gasteiger partial charge in [0, 0.05) is 13.2 Å². The highest BCUT2D eigenvalue weighted by atomic mass is 16.5. The van der Waals surface area contributed by atoms with Gasteiger partial charge in [0.15, 0.2) is 5.65 Å². The van der Waals surface area contributed by atoms with Gasteiger partial charge in [-0.2, -0.15) is 4.98 Å². The maximum atomic E-state index is 5.52. The summed E-state index contributed by atoms with van der Waals surface area (Å²) >= 11 is 0. The molecule has 2 N–H and O–H groups in total. The van der Waals surface area contributed by atoms with Crippen LogP contribution in [0.5, 0.6) is 0 Å². The number of hydrogen-bond acceptors (Lipinski definition) is 5. The highest BCUT2D eigenvalue weighted by Gasteiger charge is 2.15. The molecule has 0 amide bonds. The molecule has 0 aliphatic carbocycles. The first-order valence-corrected chi connectivity index (χ1v) is 5.43. The largest absolute Gasteiger partial charge is 0.376 e. The zero-order valence-electron chi connectivity index (χ0n) is 8.81. The number of rotatable bonds is 3. The number of aromatic nitrogens is 4. The van der Waals surface area contributed by atoms with E-state index in [0.29, 0.717) is 11.8 Å². The highest BCUT2D eigenvalue weighted by Crippen LogP contribution is 2.14. The van der Waals surface area contributed by atoms with E-state index in [0.717, 1.165) is 37.5 Å². The Balaban J connectivity index is 1.69. The Morgan fingerprint density at radius 1 is 1.56 bits per heavy atom. The standard InChI is InChI=1S/C10H13N5O/c1-2-7(16-3-1)4-12-10-14-8-5-11-6-13-9(8)15-10/h5-7H,1-4H2,(H2,11,12,13,14,15). The van der Waals surface area contributed by atoms with E-state index in [2.05, 4.69) is 25.3 Å². The second kappa shape index (κ2) is 4.05. The zero-order valence-corrected chi connectivity index (χ0v) is 8.81. The molecule has 0 spiro atoms. The number of nitrogens with one attached hydrogen (secondary N) is 2. The Kier molecular flexibility index (Phi) is 2.41. The second-order valence-electron chi connectivity index (χ2n) is 3.86. The summed E-state index contributed by atoms with van der Waals surface area (Å²) in [5.41, 5.74) is 1.53. The minimum Gasteiger partial charge on any atom is -0.376 e. The van der Waals surface area contributed by atoms with Crippen LogP contribution in [0.1, 0.15) is 12.8 Å². The van der Waals surface area contributed by atoms with Crippen molar-refractivity contribution in [3.05, 3.63) is 12.5 Å². The van der Waals surface area contributed by atoms with Crippen molar-refractivity contribution >= 4 is 17.1 Å². The number of anilines is 1. The van der Waals surface area contributed by atoms with Gasteiger partial charge < -0.3 is 15.0 Å². The van der Waals surface area contributed by atoms with E-state index in [1.54, 1.807) is 6.20 Å². The average Bonchev–Trinajstić information content (AvgIpc) is 2.95. The first-order valence-electron chi connectivity index (χ1n) is 5.43. The molecule has 2 aromatic heterocycles. The van der Waals surface area contributed by atoms with Crippen LogP contribution in [0.2, 0.25) is 0 Å². The van der Waals surface area contributed by atoms with Crippen molar-refractivity contribution < 1.29 is 4.74 Å². The Morgan fingerprint density at radius 3 is 3.38 bits per heavy atom. The maximum Gasteiger partial charge on any atom is 0.202 e. The van der Waals surface area contributed by atoms with Gasteiger partial charge in [0.1, 0.15) is 11.8 Å². The summed E-state index contributed by atoms with van der Waals surface area (Å²) in [7, 11) is 0. The molecule has 0 saturated carbocycles. The summed E-state index contributed by atoms with van der Waals surface area (Å²) in [6.45, 7) is 1.66. The predicted molar refractivity (Wildman–Crippen MR) is 59.1 cm³/mol. The van der Waals surface area contributed by atoms with E-state index < -0.39 is 0 Å². The van der Waals surface area contributed by atoms with E-state index in [4.69, 9.17) is 4.74 Å². The van der Waals surface area contributed by atoms with Crippen LogP contribution < -0.4 is 5.32 Å². The van der Waals surface area contributed by atoms with Crippen molar-refractivity contribution in [2.24, 2.45) is 0 Å². The van der Waals surface area contributed by atoms with Crippen molar-refractivity contribution in [1.29, 1.82) is 0 Å². The second-order valence-corrected chi connectivity index (χ2v) is 3.86. The molecule has 3 rings (SSSR count). The van der Waals surface area contributed by atoms with Crippen LogP contribution in [0.4, 0.5) is 5.95 Å². The fourth-order valence-electron chi connectivity index (χ4n) is 1.86. The number of aromatic amines is 1. The number of ether oxygens (including phenoxy) is 1. The fraction of sp³-hybridized carbons (Fsp3) is 0.500. The first-order chi connectivity index (χ1) is 7.92. The fourth-order valence-corrected chi connectivity index (χ4v) is 1.86. The van der Waals surface area contributed by atoms with Crippen LogP contribution in [0, 0.1) is 0 Å². The molecule has 1 atom stereocenters. The summed E-state index contributed by atoms with van der Waals surface area (Å²) < 4.78 is 5.52. The monoisotopic (exact) mass is 219 g/mol. The molecule has 1 aliphatic heterocycles. The quantitative estimate of drug-likeness (QED) is 0.803. The van der Waals surface area contributed by atoms with Crippen LogP contribution in [-0.2, 0) is 4.74 Å². The van der Waals surface area contributed by atoms with E-state index in [-0.39, 0.29) is 0 Å². The Bertz CT molecular complexity index is 444. The number of hydrogen-bond donors (Lipinski definition) is 2. The molecule has 84 valence electrons. The topological polar surface area (TPSA) is 75.7 Å². The molecular formula is C10H13N5O. The summed E-state index contributed by atoms with van der Waals surface area (Å²) in [5.74, 6) is 0.728.